The number of hydrazine groups is 1. The third-order valence-corrected chi connectivity index (χ3v) is 8.09. The number of ether oxygens (including phenoxy) is 5. The summed E-state index contributed by atoms with van der Waals surface area (Å²) in [6.45, 7) is -31.1. The fourth-order valence-electron chi connectivity index (χ4n) is 5.16. The molecule has 4 amide bonds. The number of alkyl carbamates (subject to hydrolysis) is 2. The van der Waals surface area contributed by atoms with E-state index in [4.69, 9.17) is 47.7 Å². The molecule has 0 saturated heterocycles. The van der Waals surface area contributed by atoms with Crippen molar-refractivity contribution in [2.75, 3.05) is 60.3 Å². The number of carbonyl (C=O) groups is 4. The number of amides is 4. The van der Waals surface area contributed by atoms with Crippen molar-refractivity contribution in [3.63, 3.8) is 0 Å². The predicted molar refractivity (Wildman–Crippen MR) is 226 cm³/mol. The molecule has 0 fully saturated rings. The summed E-state index contributed by atoms with van der Waals surface area (Å²) in [4.78, 5) is 60.6. The minimum absolute atomic E-state index is 0.0474. The Balaban J connectivity index is 2.37. The summed E-state index contributed by atoms with van der Waals surface area (Å²) in [5.74, 6) is -4.16. The van der Waals surface area contributed by atoms with Crippen molar-refractivity contribution in [3.05, 3.63) is 90.1 Å². The van der Waals surface area contributed by atoms with Crippen LogP contribution in [0.3, 0.4) is 0 Å². The van der Waals surface area contributed by atoms with Crippen LogP contribution in [0, 0.1) is 10.8 Å². The lowest BCUT2D eigenvalue weighted by Crippen LogP contribution is -2.61. The molecule has 1 heterocycles. The molecule has 5 N–H and O–H groups in total. The lowest BCUT2D eigenvalue weighted by atomic mass is 9.85. The fraction of sp³-hybridized carbons (Fsp3) is 0.523. The maximum absolute atomic E-state index is 15.0. The number of pyridine rings is 1. The number of hydrogen-bond acceptors (Lipinski definition) is 12. The predicted octanol–water partition coefficient (Wildman–Crippen LogP) is 4.26. The first kappa shape index (κ1) is 25.0. The molecular formula is C44H64N6O10. The Morgan fingerprint density at radius 2 is 1.37 bits per heavy atom. The van der Waals surface area contributed by atoms with Crippen LogP contribution in [0.5, 0.6) is 0 Å². The number of aliphatic hydroxyl groups excluding tert-OH is 1. The van der Waals surface area contributed by atoms with Crippen LogP contribution in [0.25, 0.3) is 11.3 Å². The highest BCUT2D eigenvalue weighted by atomic mass is 16.6. The van der Waals surface area contributed by atoms with Crippen molar-refractivity contribution in [2.24, 2.45) is 10.8 Å². The molecular weight excluding hydrogens is 773 g/mol. The van der Waals surface area contributed by atoms with Gasteiger partial charge in [0.05, 0.1) is 64.8 Å². The normalized spacial score (nSPS) is 21.1. The van der Waals surface area contributed by atoms with Gasteiger partial charge in [0.1, 0.15) is 18.7 Å². The van der Waals surface area contributed by atoms with E-state index in [0.29, 0.717) is 11.3 Å². The first-order chi connectivity index (χ1) is 37.9. The minimum Gasteiger partial charge on any atom is -0.453 e. The lowest BCUT2D eigenvalue weighted by Gasteiger charge is -2.35. The van der Waals surface area contributed by atoms with Crippen LogP contribution >= 0.6 is 0 Å². The van der Waals surface area contributed by atoms with Crippen molar-refractivity contribution in [1.82, 2.24) is 31.4 Å². The number of nitrogens with one attached hydrogen (secondary N) is 4. The van der Waals surface area contributed by atoms with Crippen molar-refractivity contribution < 1.29 is 79.5 Å². The van der Waals surface area contributed by atoms with Gasteiger partial charge in [-0.15, -0.1) is 0 Å². The fourth-order valence-corrected chi connectivity index (χ4v) is 5.16. The second-order valence-electron chi connectivity index (χ2n) is 12.9. The molecule has 3 aromatic rings. The van der Waals surface area contributed by atoms with E-state index in [0.717, 1.165) is 12.1 Å². The van der Waals surface area contributed by atoms with Gasteiger partial charge in [0.15, 0.2) is 0 Å². The molecule has 16 nitrogen and oxygen atoms in total. The molecule has 2 aromatic carbocycles. The van der Waals surface area contributed by atoms with E-state index in [1.54, 1.807) is 23.5 Å². The van der Waals surface area contributed by atoms with E-state index in [1.165, 1.54) is 61.1 Å². The summed E-state index contributed by atoms with van der Waals surface area (Å²) in [6.07, 6.45) is -5.75. The molecule has 16 heteroatoms. The van der Waals surface area contributed by atoms with Gasteiger partial charge in [-0.25, -0.2) is 14.6 Å². The third-order valence-electron chi connectivity index (χ3n) is 8.09. The van der Waals surface area contributed by atoms with Crippen LogP contribution in [0.2, 0.25) is 0 Å². The van der Waals surface area contributed by atoms with Gasteiger partial charge in [-0.2, -0.15) is 0 Å². The molecule has 0 unspecified atom stereocenters. The Kier molecular flexibility index (Phi) is 10.3. The summed E-state index contributed by atoms with van der Waals surface area (Å²) in [5, 5.41) is 17.8. The van der Waals surface area contributed by atoms with Crippen LogP contribution in [0.1, 0.15) is 83.8 Å². The van der Waals surface area contributed by atoms with Crippen LogP contribution in [-0.2, 0) is 46.2 Å². The Hall–Kier alpha value is -5.13. The first-order valence-corrected chi connectivity index (χ1v) is 18.1. The zero-order valence-electron chi connectivity index (χ0n) is 55.5. The number of benzene rings is 2. The van der Waals surface area contributed by atoms with Crippen LogP contribution in [0.4, 0.5) is 9.59 Å². The Bertz CT molecular complexity index is 2500. The third kappa shape index (κ3) is 17.6. The van der Waals surface area contributed by atoms with E-state index in [9.17, 15) is 22.2 Å². The molecule has 0 radical (unpaired) electrons. The van der Waals surface area contributed by atoms with E-state index >= 15 is 4.79 Å². The van der Waals surface area contributed by atoms with Gasteiger partial charge in [0.2, 0.25) is 5.91 Å². The average molecular weight is 860 g/mol. The molecule has 0 bridgehead atoms. The molecule has 0 spiro atoms. The maximum Gasteiger partial charge on any atom is 0.407 e. The van der Waals surface area contributed by atoms with Crippen molar-refractivity contribution in [1.29, 1.82) is 0 Å². The first-order valence-electron chi connectivity index (χ1n) is 29.6. The summed E-state index contributed by atoms with van der Waals surface area (Å²) in [6, 6.07) is 8.08. The number of carbonyl (C=O) groups excluding carboxylic acids is 4. The molecule has 3 rings (SSSR count). The van der Waals surface area contributed by atoms with E-state index in [-0.39, 0.29) is 43.6 Å². The average Bonchev–Trinajstić information content (AvgIpc) is 0.864. The number of rotatable bonds is 23. The van der Waals surface area contributed by atoms with Gasteiger partial charge < -0.3 is 44.7 Å². The van der Waals surface area contributed by atoms with Gasteiger partial charge in [-0.3, -0.25) is 20.0 Å². The summed E-state index contributed by atoms with van der Waals surface area (Å²) in [7, 11) is -2.23. The smallest absolute Gasteiger partial charge is 0.407 e. The van der Waals surface area contributed by atoms with Gasteiger partial charge >= 0.3 is 12.2 Å². The minimum atomic E-state index is -4.35. The van der Waals surface area contributed by atoms with Gasteiger partial charge in [0, 0.05) is 56.6 Å². The zero-order chi connectivity index (χ0) is 63.4. The SMILES string of the molecule is [2H]C([2H])([2H])OC(=O)N[C@H](C(=O)N[C@@H](Cc1ccccc1)[C@@H](O)CN(NC(=O)[C@@H](NC(=O)OCCOCCOCCOC)C(C([2H])([2H])[2H])(C([2H])([2H])[2H])C([2H])([2H])[2H])C([2H])([2H])c1ccc(-c2ccccn2)cc1)C(C([2H])([2H])[2H])(C([2H])([2H])[2H])C([2H])([2H])[2H]. The molecule has 0 saturated carbocycles. The highest BCUT2D eigenvalue weighted by Gasteiger charge is 2.37. The van der Waals surface area contributed by atoms with Crippen molar-refractivity contribution in [3.8, 4) is 11.3 Å². The van der Waals surface area contributed by atoms with E-state index in [1.807, 2.05) is 5.43 Å². The lowest BCUT2D eigenvalue weighted by molar-refractivity contribution is -0.132. The van der Waals surface area contributed by atoms with Crippen LogP contribution < -0.4 is 21.4 Å². The molecule has 60 heavy (non-hydrogen) atoms. The zero-order valence-corrected chi connectivity index (χ0v) is 32.5. The van der Waals surface area contributed by atoms with Crippen LogP contribution in [-0.4, -0.2) is 124 Å². The van der Waals surface area contributed by atoms with Crippen LogP contribution in [0.15, 0.2) is 79.0 Å². The van der Waals surface area contributed by atoms with E-state index in [2.05, 4.69) is 15.0 Å². The molecule has 4 atom stereocenters. The monoisotopic (exact) mass is 860 g/mol. The summed E-state index contributed by atoms with van der Waals surface area (Å²) >= 11 is 0. The number of aromatic nitrogens is 1. The highest BCUT2D eigenvalue weighted by molar-refractivity contribution is 5.87. The van der Waals surface area contributed by atoms with Gasteiger partial charge in [0.25, 0.3) is 5.91 Å². The quantitative estimate of drug-likeness (QED) is 0.0672. The summed E-state index contributed by atoms with van der Waals surface area (Å²) in [5.41, 5.74) is -6.31. The topological polar surface area (TPSA) is 199 Å². The van der Waals surface area contributed by atoms with Gasteiger partial charge in [-0.1, -0.05) is 102 Å². The Labute approximate surface area is 386 Å². The number of methoxy groups -OCH3 is 2. The Morgan fingerprint density at radius 1 is 0.750 bits per heavy atom. The molecule has 0 aliphatic rings. The van der Waals surface area contributed by atoms with Crippen molar-refractivity contribution in [2.45, 2.75) is 78.3 Å². The number of hydrogen-bond donors (Lipinski definition) is 5. The highest BCUT2D eigenvalue weighted by Crippen LogP contribution is 2.23. The Morgan fingerprint density at radius 3 is 1.98 bits per heavy atom. The largest absolute Gasteiger partial charge is 0.453 e. The number of aliphatic hydroxyl groups is 1. The molecule has 0 aliphatic carbocycles. The van der Waals surface area contributed by atoms with E-state index < -0.39 is 139 Å². The standard InChI is InChI=1S/C44H64N6O10/c1-43(2,3)37(47-41(54)57-8)39(52)46-35(28-31-14-10-9-11-15-31)36(51)30-50(29-32-17-19-33(20-18-32)34-16-12-13-21-45-34)49-40(53)38(44(4,5)6)48-42(55)60-27-26-59-25-24-58-23-22-56-7/h9-21,35-38,51H,22-30H2,1-8H3,(H,46,52)(H,47,54)(H,48,55)(H,49,53)/t35-,36-,37+,38+/m0/s1/i1D3,2D3,3D3,4D3,5D3,6D3,8D3,29D2. The second-order valence-corrected chi connectivity index (χ2v) is 12.9. The second kappa shape index (κ2) is 24.8. The molecule has 330 valence electrons. The van der Waals surface area contributed by atoms with Crippen molar-refractivity contribution >= 4 is 24.0 Å². The maximum atomic E-state index is 15.0. The number of nitrogens with zero attached hydrogens (tertiary/aromatic N) is 2. The molecule has 0 aliphatic heterocycles. The molecule has 1 aromatic heterocycles. The van der Waals surface area contributed by atoms with Gasteiger partial charge in [-0.05, 0) is 40.5 Å². The summed E-state index contributed by atoms with van der Waals surface area (Å²) < 4.78 is 216.